The van der Waals surface area contributed by atoms with Crippen LogP contribution in [-0.4, -0.2) is 18.0 Å². The average molecular weight is 292 g/mol. The molecule has 0 saturated heterocycles. The molecule has 1 saturated carbocycles. The topological polar surface area (TPSA) is 41.6 Å². The van der Waals surface area contributed by atoms with Gasteiger partial charge in [0.1, 0.15) is 0 Å². The Morgan fingerprint density at radius 1 is 1.30 bits per heavy atom. The summed E-state index contributed by atoms with van der Waals surface area (Å²) in [5.41, 5.74) is 7.36. The first kappa shape index (κ1) is 13.7. The van der Waals surface area contributed by atoms with E-state index in [-0.39, 0.29) is 5.54 Å². The van der Waals surface area contributed by atoms with Crippen LogP contribution in [0.1, 0.15) is 33.1 Å². The molecule has 1 aromatic carbocycles. The predicted molar refractivity (Wildman–Crippen MR) is 85.3 cm³/mol. The van der Waals surface area contributed by atoms with Crippen molar-refractivity contribution in [3.8, 4) is 0 Å². The number of nitrogens with two attached hydrogens (primary N) is 1. The summed E-state index contributed by atoms with van der Waals surface area (Å²) in [5.74, 6) is 1.93. The number of guanidine groups is 1. The second-order valence-electron chi connectivity index (χ2n) is 6.25. The molecule has 4 heteroatoms. The zero-order chi connectivity index (χ0) is 14.3. The van der Waals surface area contributed by atoms with E-state index in [0.29, 0.717) is 17.8 Å². The molecule has 2 N–H and O–H groups in total. The van der Waals surface area contributed by atoms with Crippen molar-refractivity contribution in [3.05, 3.63) is 29.3 Å². The Balaban J connectivity index is 2.01. The van der Waals surface area contributed by atoms with Crippen molar-refractivity contribution in [1.82, 2.24) is 0 Å². The van der Waals surface area contributed by atoms with Crippen LogP contribution in [0.2, 0.25) is 5.02 Å². The van der Waals surface area contributed by atoms with E-state index < -0.39 is 0 Å². The quantitative estimate of drug-likeness (QED) is 0.858. The Kier molecular flexibility index (Phi) is 3.41. The Hall–Kier alpha value is -1.22. The van der Waals surface area contributed by atoms with Gasteiger partial charge in [0.2, 0.25) is 0 Å². The lowest BCUT2D eigenvalue weighted by molar-refractivity contribution is 0.159. The minimum atomic E-state index is 0.0512. The van der Waals surface area contributed by atoms with Crippen molar-refractivity contribution < 1.29 is 0 Å². The van der Waals surface area contributed by atoms with Crippen molar-refractivity contribution in [1.29, 1.82) is 0 Å². The third-order valence-electron chi connectivity index (χ3n) is 5.24. The first-order valence-electron chi connectivity index (χ1n) is 7.40. The second kappa shape index (κ2) is 4.96. The summed E-state index contributed by atoms with van der Waals surface area (Å²) in [7, 11) is 0. The molecule has 108 valence electrons. The number of anilines is 1. The fraction of sp³-hybridized carbons (Fsp3) is 0.562. The van der Waals surface area contributed by atoms with Crippen LogP contribution < -0.4 is 10.6 Å². The highest BCUT2D eigenvalue weighted by Gasteiger charge is 2.50. The Bertz CT molecular complexity index is 525. The number of rotatable bonds is 1. The molecule has 3 atom stereocenters. The number of aliphatic imine (C=N–C) groups is 1. The maximum Gasteiger partial charge on any atom is 0.196 e. The van der Waals surface area contributed by atoms with Gasteiger partial charge in [-0.2, -0.15) is 0 Å². The SMILES string of the molecule is CC1CCCC2(CN=C(N)N2c2ccc(Cl)cc2)C1C. The van der Waals surface area contributed by atoms with E-state index in [1.165, 1.54) is 12.8 Å². The van der Waals surface area contributed by atoms with Gasteiger partial charge in [0.05, 0.1) is 12.1 Å². The minimum absolute atomic E-state index is 0.0512. The first-order chi connectivity index (χ1) is 9.54. The molecule has 20 heavy (non-hydrogen) atoms. The highest BCUT2D eigenvalue weighted by atomic mass is 35.5. The minimum Gasteiger partial charge on any atom is -0.369 e. The lowest BCUT2D eigenvalue weighted by Gasteiger charge is -2.49. The molecule has 1 heterocycles. The van der Waals surface area contributed by atoms with Gasteiger partial charge in [-0.3, -0.25) is 4.99 Å². The highest BCUT2D eigenvalue weighted by Crippen LogP contribution is 2.45. The van der Waals surface area contributed by atoms with Gasteiger partial charge in [0, 0.05) is 10.7 Å². The monoisotopic (exact) mass is 291 g/mol. The maximum absolute atomic E-state index is 6.21. The summed E-state index contributed by atoms with van der Waals surface area (Å²) < 4.78 is 0. The lowest BCUT2D eigenvalue weighted by atomic mass is 9.67. The molecule has 1 aliphatic carbocycles. The van der Waals surface area contributed by atoms with E-state index in [0.717, 1.165) is 23.7 Å². The van der Waals surface area contributed by atoms with Gasteiger partial charge in [-0.15, -0.1) is 0 Å². The van der Waals surface area contributed by atoms with Gasteiger partial charge in [0.25, 0.3) is 0 Å². The largest absolute Gasteiger partial charge is 0.369 e. The molecule has 3 unspecified atom stereocenters. The van der Waals surface area contributed by atoms with Crippen LogP contribution in [0.3, 0.4) is 0 Å². The van der Waals surface area contributed by atoms with Gasteiger partial charge in [-0.25, -0.2) is 0 Å². The van der Waals surface area contributed by atoms with Crippen molar-refractivity contribution in [2.24, 2.45) is 22.6 Å². The normalized spacial score (nSPS) is 33.5. The third kappa shape index (κ3) is 1.99. The van der Waals surface area contributed by atoms with E-state index >= 15 is 0 Å². The third-order valence-corrected chi connectivity index (χ3v) is 5.50. The highest BCUT2D eigenvalue weighted by molar-refractivity contribution is 6.30. The molecular formula is C16H22ClN3. The van der Waals surface area contributed by atoms with E-state index in [1.807, 2.05) is 24.3 Å². The van der Waals surface area contributed by atoms with Gasteiger partial charge in [0.15, 0.2) is 5.96 Å². The summed E-state index contributed by atoms with van der Waals surface area (Å²) in [5, 5.41) is 0.752. The van der Waals surface area contributed by atoms with E-state index in [9.17, 15) is 0 Å². The van der Waals surface area contributed by atoms with Gasteiger partial charge < -0.3 is 10.6 Å². The van der Waals surface area contributed by atoms with E-state index in [4.69, 9.17) is 17.3 Å². The zero-order valence-electron chi connectivity index (χ0n) is 12.1. The molecule has 0 amide bonds. The molecule has 1 fully saturated rings. The van der Waals surface area contributed by atoms with E-state index in [2.05, 4.69) is 23.7 Å². The van der Waals surface area contributed by atoms with Gasteiger partial charge in [-0.1, -0.05) is 38.3 Å². The molecule has 0 radical (unpaired) electrons. The number of benzene rings is 1. The fourth-order valence-corrected chi connectivity index (χ4v) is 3.97. The van der Waals surface area contributed by atoms with Crippen LogP contribution in [0.5, 0.6) is 0 Å². The molecule has 0 aromatic heterocycles. The van der Waals surface area contributed by atoms with Crippen LogP contribution in [-0.2, 0) is 0 Å². The van der Waals surface area contributed by atoms with Crippen molar-refractivity contribution >= 4 is 23.2 Å². The number of hydrogen-bond acceptors (Lipinski definition) is 3. The molecular weight excluding hydrogens is 270 g/mol. The molecule has 1 aliphatic heterocycles. The molecule has 3 nitrogen and oxygen atoms in total. The van der Waals surface area contributed by atoms with Crippen LogP contribution in [0.25, 0.3) is 0 Å². The van der Waals surface area contributed by atoms with Crippen LogP contribution in [0, 0.1) is 11.8 Å². The summed E-state index contributed by atoms with van der Waals surface area (Å²) in [4.78, 5) is 6.82. The Labute approximate surface area is 125 Å². The van der Waals surface area contributed by atoms with Crippen LogP contribution in [0.15, 0.2) is 29.3 Å². The van der Waals surface area contributed by atoms with Crippen LogP contribution in [0.4, 0.5) is 5.69 Å². The first-order valence-corrected chi connectivity index (χ1v) is 7.78. The summed E-state index contributed by atoms with van der Waals surface area (Å²) >= 11 is 6.00. The van der Waals surface area contributed by atoms with Crippen LogP contribution >= 0.6 is 11.6 Å². The van der Waals surface area contributed by atoms with Crippen molar-refractivity contribution in [2.75, 3.05) is 11.4 Å². The molecule has 0 bridgehead atoms. The Morgan fingerprint density at radius 3 is 2.70 bits per heavy atom. The summed E-state index contributed by atoms with van der Waals surface area (Å²) in [6.45, 7) is 5.51. The summed E-state index contributed by atoms with van der Waals surface area (Å²) in [6.07, 6.45) is 3.71. The molecule has 2 aliphatic rings. The molecule has 3 rings (SSSR count). The number of halogens is 1. The standard InChI is InChI=1S/C16H22ClN3/c1-11-4-3-9-16(12(11)2)10-19-15(18)20(16)14-7-5-13(17)6-8-14/h5-8,11-12H,3-4,9-10H2,1-2H3,(H2,18,19). The molecule has 1 spiro atoms. The van der Waals surface area contributed by atoms with Crippen molar-refractivity contribution in [3.63, 3.8) is 0 Å². The number of nitrogens with zero attached hydrogens (tertiary/aromatic N) is 2. The fourth-order valence-electron chi connectivity index (χ4n) is 3.84. The predicted octanol–water partition coefficient (Wildman–Crippen LogP) is 3.67. The average Bonchev–Trinajstić information content (AvgIpc) is 2.75. The van der Waals surface area contributed by atoms with Gasteiger partial charge >= 0.3 is 0 Å². The second-order valence-corrected chi connectivity index (χ2v) is 6.68. The summed E-state index contributed by atoms with van der Waals surface area (Å²) in [6, 6.07) is 7.94. The molecule has 1 aromatic rings. The smallest absolute Gasteiger partial charge is 0.196 e. The number of hydrogen-bond donors (Lipinski definition) is 1. The maximum atomic E-state index is 6.21. The lowest BCUT2D eigenvalue weighted by Crippen LogP contribution is -2.58. The van der Waals surface area contributed by atoms with Crippen molar-refractivity contribution in [2.45, 2.75) is 38.6 Å². The van der Waals surface area contributed by atoms with Gasteiger partial charge in [-0.05, 0) is 42.5 Å². The Morgan fingerprint density at radius 2 is 2.00 bits per heavy atom. The van der Waals surface area contributed by atoms with E-state index in [1.54, 1.807) is 0 Å². The zero-order valence-corrected chi connectivity index (χ0v) is 12.9.